The third kappa shape index (κ3) is 8.28. The largest absolute Gasteiger partial charge is 0.416 e. The van der Waals surface area contributed by atoms with Crippen molar-refractivity contribution in [2.75, 3.05) is 27.2 Å². The molecular weight excluding hydrogens is 589 g/mol. The van der Waals surface area contributed by atoms with E-state index in [1.807, 2.05) is 91.8 Å². The van der Waals surface area contributed by atoms with Gasteiger partial charge >= 0.3 is 6.18 Å². The first-order chi connectivity index (χ1) is 22.1. The van der Waals surface area contributed by atoms with E-state index in [2.05, 4.69) is 9.88 Å². The highest BCUT2D eigenvalue weighted by Gasteiger charge is 2.36. The van der Waals surface area contributed by atoms with Crippen LogP contribution in [0.1, 0.15) is 28.7 Å². The molecule has 1 aliphatic rings. The number of benzene rings is 3. The highest BCUT2D eigenvalue weighted by atomic mass is 19.4. The van der Waals surface area contributed by atoms with Crippen molar-refractivity contribution in [1.82, 2.24) is 19.7 Å². The Bertz CT molecular complexity index is 1620. The number of amides is 2. The molecule has 2 heterocycles. The standard InChI is InChI=1S/C37H37F3N4O2/c1-42(2)32-21-23-43(26-32)36(46)34(24-28-8-4-3-5-9-28)44(25-29-11-16-30(17-12-29)33-10-6-7-22-41-33)35(45)20-15-27-13-18-31(19-14-27)37(38,39)40/h3-20,22,32,34H,21,23-26H2,1-2H3/t32?,34-/m0/s1. The van der Waals surface area contributed by atoms with Crippen LogP contribution in [-0.4, -0.2) is 70.8 Å². The minimum atomic E-state index is -4.45. The molecule has 0 bridgehead atoms. The number of pyridine rings is 1. The lowest BCUT2D eigenvalue weighted by molar-refractivity contribution is -0.143. The van der Waals surface area contributed by atoms with Gasteiger partial charge in [-0.05, 0) is 67.5 Å². The van der Waals surface area contributed by atoms with E-state index in [-0.39, 0.29) is 18.5 Å². The van der Waals surface area contributed by atoms with Crippen LogP contribution in [0.3, 0.4) is 0 Å². The first-order valence-corrected chi connectivity index (χ1v) is 15.2. The number of nitrogens with zero attached hydrogens (tertiary/aromatic N) is 4. The molecule has 1 saturated heterocycles. The lowest BCUT2D eigenvalue weighted by atomic mass is 10.0. The van der Waals surface area contributed by atoms with E-state index in [1.54, 1.807) is 11.1 Å². The molecule has 2 amide bonds. The predicted molar refractivity (Wildman–Crippen MR) is 173 cm³/mol. The van der Waals surface area contributed by atoms with Gasteiger partial charge in [0.25, 0.3) is 0 Å². The lowest BCUT2D eigenvalue weighted by Crippen LogP contribution is -2.51. The summed E-state index contributed by atoms with van der Waals surface area (Å²) in [4.78, 5) is 38.2. The normalized spacial score (nSPS) is 15.8. The number of hydrogen-bond donors (Lipinski definition) is 0. The molecule has 0 aliphatic carbocycles. The number of halogens is 3. The molecule has 4 aromatic rings. The zero-order chi connectivity index (χ0) is 32.7. The summed E-state index contributed by atoms with van der Waals surface area (Å²) < 4.78 is 39.3. The van der Waals surface area contributed by atoms with E-state index in [1.165, 1.54) is 24.3 Å². The SMILES string of the molecule is CN(C)C1CCN(C(=O)[C@H](Cc2ccccc2)N(Cc2ccc(-c3ccccn3)cc2)C(=O)C=Cc2ccc(C(F)(F)F)cc2)C1. The van der Waals surface area contributed by atoms with Crippen molar-refractivity contribution < 1.29 is 22.8 Å². The first kappa shape index (κ1) is 32.6. The number of likely N-dealkylation sites (N-methyl/N-ethyl adjacent to an activating group) is 1. The number of likely N-dealkylation sites (tertiary alicyclic amines) is 1. The van der Waals surface area contributed by atoms with Crippen LogP contribution in [0.15, 0.2) is 109 Å². The molecule has 1 aliphatic heterocycles. The van der Waals surface area contributed by atoms with Gasteiger partial charge in [-0.1, -0.05) is 72.8 Å². The summed E-state index contributed by atoms with van der Waals surface area (Å²) in [6, 6.07) is 27.1. The molecule has 0 saturated carbocycles. The molecule has 1 aromatic heterocycles. The third-order valence-electron chi connectivity index (χ3n) is 8.35. The number of carbonyl (C=O) groups is 2. The highest BCUT2D eigenvalue weighted by Crippen LogP contribution is 2.29. The summed E-state index contributed by atoms with van der Waals surface area (Å²) in [6.07, 6.45) is 1.26. The number of carbonyl (C=O) groups excluding carboxylic acids is 2. The van der Waals surface area contributed by atoms with Crippen molar-refractivity contribution >= 4 is 17.9 Å². The minimum Gasteiger partial charge on any atom is -0.339 e. The first-order valence-electron chi connectivity index (χ1n) is 15.2. The average Bonchev–Trinajstić information content (AvgIpc) is 3.57. The zero-order valence-electron chi connectivity index (χ0n) is 25.9. The second kappa shape index (κ2) is 14.6. The molecule has 3 aromatic carbocycles. The second-order valence-electron chi connectivity index (χ2n) is 11.7. The van der Waals surface area contributed by atoms with E-state index < -0.39 is 23.7 Å². The van der Waals surface area contributed by atoms with Crippen LogP contribution in [0.25, 0.3) is 17.3 Å². The van der Waals surface area contributed by atoms with Gasteiger partial charge in [-0.3, -0.25) is 14.6 Å². The Balaban J connectivity index is 1.47. The molecule has 2 atom stereocenters. The molecule has 6 nitrogen and oxygen atoms in total. The van der Waals surface area contributed by atoms with Gasteiger partial charge in [-0.2, -0.15) is 13.2 Å². The van der Waals surface area contributed by atoms with Gasteiger partial charge < -0.3 is 14.7 Å². The van der Waals surface area contributed by atoms with Crippen molar-refractivity contribution in [3.05, 3.63) is 132 Å². The van der Waals surface area contributed by atoms with Gasteiger partial charge in [0, 0.05) is 49.9 Å². The molecule has 1 unspecified atom stereocenters. The second-order valence-corrected chi connectivity index (χ2v) is 11.7. The number of alkyl halides is 3. The highest BCUT2D eigenvalue weighted by molar-refractivity contribution is 5.96. The van der Waals surface area contributed by atoms with Gasteiger partial charge in [-0.25, -0.2) is 0 Å². The molecule has 5 rings (SSSR count). The summed E-state index contributed by atoms with van der Waals surface area (Å²) in [5, 5.41) is 0. The molecule has 238 valence electrons. The van der Waals surface area contributed by atoms with Crippen molar-refractivity contribution in [2.45, 2.75) is 37.6 Å². The van der Waals surface area contributed by atoms with Gasteiger partial charge in [-0.15, -0.1) is 0 Å². The molecule has 46 heavy (non-hydrogen) atoms. The molecule has 0 spiro atoms. The third-order valence-corrected chi connectivity index (χ3v) is 8.35. The van der Waals surface area contributed by atoms with Crippen LogP contribution in [-0.2, 0) is 28.7 Å². The maximum atomic E-state index is 14.3. The Morgan fingerprint density at radius 2 is 1.61 bits per heavy atom. The Kier molecular flexibility index (Phi) is 10.3. The summed E-state index contributed by atoms with van der Waals surface area (Å²) in [5.74, 6) is -0.541. The van der Waals surface area contributed by atoms with Gasteiger partial charge in [0.1, 0.15) is 6.04 Å². The van der Waals surface area contributed by atoms with E-state index in [4.69, 9.17) is 0 Å². The van der Waals surface area contributed by atoms with Crippen molar-refractivity contribution in [3.8, 4) is 11.3 Å². The fourth-order valence-corrected chi connectivity index (χ4v) is 5.64. The number of aromatic nitrogens is 1. The fraction of sp³-hybridized carbons (Fsp3) is 0.270. The van der Waals surface area contributed by atoms with E-state index in [0.29, 0.717) is 25.1 Å². The minimum absolute atomic E-state index is 0.130. The van der Waals surface area contributed by atoms with Crippen LogP contribution < -0.4 is 0 Å². The maximum absolute atomic E-state index is 14.3. The molecule has 0 radical (unpaired) electrons. The molecule has 9 heteroatoms. The predicted octanol–water partition coefficient (Wildman–Crippen LogP) is 6.58. The Morgan fingerprint density at radius 3 is 2.22 bits per heavy atom. The summed E-state index contributed by atoms with van der Waals surface area (Å²) in [5.41, 5.74) is 3.17. The van der Waals surface area contributed by atoms with E-state index >= 15 is 0 Å². The monoisotopic (exact) mass is 626 g/mol. The zero-order valence-corrected chi connectivity index (χ0v) is 25.9. The summed E-state index contributed by atoms with van der Waals surface area (Å²) in [7, 11) is 3.99. The van der Waals surface area contributed by atoms with Crippen molar-refractivity contribution in [1.29, 1.82) is 0 Å². The van der Waals surface area contributed by atoms with Gasteiger partial charge in [0.05, 0.1) is 11.3 Å². The van der Waals surface area contributed by atoms with Crippen LogP contribution >= 0.6 is 0 Å². The van der Waals surface area contributed by atoms with Crippen molar-refractivity contribution in [2.24, 2.45) is 0 Å². The molecule has 0 N–H and O–H groups in total. The Morgan fingerprint density at radius 1 is 0.913 bits per heavy atom. The van der Waals surface area contributed by atoms with Gasteiger partial charge in [0.15, 0.2) is 0 Å². The number of hydrogen-bond acceptors (Lipinski definition) is 4. The Hall–Kier alpha value is -4.76. The van der Waals surface area contributed by atoms with Crippen LogP contribution in [0.2, 0.25) is 0 Å². The van der Waals surface area contributed by atoms with Crippen molar-refractivity contribution in [3.63, 3.8) is 0 Å². The summed E-state index contributed by atoms with van der Waals surface area (Å²) in [6.45, 7) is 1.32. The smallest absolute Gasteiger partial charge is 0.339 e. The maximum Gasteiger partial charge on any atom is 0.416 e. The van der Waals surface area contributed by atoms with E-state index in [9.17, 15) is 22.8 Å². The summed E-state index contributed by atoms with van der Waals surface area (Å²) >= 11 is 0. The topological polar surface area (TPSA) is 56.8 Å². The van der Waals surface area contributed by atoms with Crippen LogP contribution in [0, 0.1) is 0 Å². The average molecular weight is 627 g/mol. The quantitative estimate of drug-likeness (QED) is 0.187. The lowest BCUT2D eigenvalue weighted by Gasteiger charge is -2.33. The molecular formula is C37H37F3N4O2. The molecule has 1 fully saturated rings. The number of rotatable bonds is 10. The fourth-order valence-electron chi connectivity index (χ4n) is 5.64. The van der Waals surface area contributed by atoms with Crippen LogP contribution in [0.5, 0.6) is 0 Å². The van der Waals surface area contributed by atoms with Gasteiger partial charge in [0.2, 0.25) is 11.8 Å². The van der Waals surface area contributed by atoms with Crippen LogP contribution in [0.4, 0.5) is 13.2 Å². The van der Waals surface area contributed by atoms with E-state index in [0.717, 1.165) is 40.9 Å². The Labute approximate surface area is 267 Å².